The summed E-state index contributed by atoms with van der Waals surface area (Å²) >= 11 is 0. The summed E-state index contributed by atoms with van der Waals surface area (Å²) in [6.45, 7) is 7.21. The SMILES string of the molecule is Cc1cccc(OCCCN2CCC(CN)C2)c1. The van der Waals surface area contributed by atoms with Crippen LogP contribution in [0.5, 0.6) is 5.75 Å². The van der Waals surface area contributed by atoms with E-state index >= 15 is 0 Å². The third-order valence-electron chi connectivity index (χ3n) is 3.58. The number of aryl methyl sites for hydroxylation is 1. The second-order valence-electron chi connectivity index (χ2n) is 5.21. The average molecular weight is 248 g/mol. The number of hydrogen-bond donors (Lipinski definition) is 1. The van der Waals surface area contributed by atoms with Gasteiger partial charge in [0.15, 0.2) is 0 Å². The van der Waals surface area contributed by atoms with Crippen molar-refractivity contribution in [2.45, 2.75) is 19.8 Å². The third-order valence-corrected chi connectivity index (χ3v) is 3.58. The molecule has 2 N–H and O–H groups in total. The minimum atomic E-state index is 0.711. The van der Waals surface area contributed by atoms with Crippen molar-refractivity contribution in [3.63, 3.8) is 0 Å². The Labute approximate surface area is 110 Å². The zero-order valence-electron chi connectivity index (χ0n) is 11.3. The van der Waals surface area contributed by atoms with E-state index in [0.29, 0.717) is 5.92 Å². The summed E-state index contributed by atoms with van der Waals surface area (Å²) in [5, 5.41) is 0. The predicted octanol–water partition coefficient (Wildman–Crippen LogP) is 2.04. The monoisotopic (exact) mass is 248 g/mol. The standard InChI is InChI=1S/C15H24N2O/c1-13-4-2-5-15(10-13)18-9-3-7-17-8-6-14(11-16)12-17/h2,4-5,10,14H,3,6-9,11-12,16H2,1H3. The molecule has 3 heteroatoms. The highest BCUT2D eigenvalue weighted by Crippen LogP contribution is 2.15. The Kier molecular flexibility index (Phi) is 5.02. The van der Waals surface area contributed by atoms with Gasteiger partial charge in [0, 0.05) is 13.1 Å². The molecule has 0 amide bonds. The van der Waals surface area contributed by atoms with Gasteiger partial charge >= 0.3 is 0 Å². The van der Waals surface area contributed by atoms with Crippen LogP contribution in [0, 0.1) is 12.8 Å². The normalized spacial score (nSPS) is 20.2. The molecule has 0 radical (unpaired) electrons. The zero-order chi connectivity index (χ0) is 12.8. The Bertz CT molecular complexity index is 367. The lowest BCUT2D eigenvalue weighted by molar-refractivity contribution is 0.259. The Balaban J connectivity index is 1.62. The minimum absolute atomic E-state index is 0.711. The second kappa shape index (κ2) is 6.76. The van der Waals surface area contributed by atoms with Crippen molar-refractivity contribution in [3.8, 4) is 5.75 Å². The van der Waals surface area contributed by atoms with Gasteiger partial charge in [-0.05, 0) is 56.5 Å². The lowest BCUT2D eigenvalue weighted by Crippen LogP contribution is -2.25. The summed E-state index contributed by atoms with van der Waals surface area (Å²) in [4.78, 5) is 2.50. The topological polar surface area (TPSA) is 38.5 Å². The van der Waals surface area contributed by atoms with Crippen LogP contribution in [0.4, 0.5) is 0 Å². The quantitative estimate of drug-likeness (QED) is 0.783. The van der Waals surface area contributed by atoms with Crippen LogP contribution in [-0.2, 0) is 0 Å². The molecule has 1 aliphatic rings. The molecule has 3 nitrogen and oxygen atoms in total. The molecule has 1 fully saturated rings. The highest BCUT2D eigenvalue weighted by atomic mass is 16.5. The molecule has 0 saturated carbocycles. The van der Waals surface area contributed by atoms with Crippen molar-refractivity contribution in [1.82, 2.24) is 4.90 Å². The number of nitrogens with two attached hydrogens (primary N) is 1. The molecule has 1 aliphatic heterocycles. The summed E-state index contributed by atoms with van der Waals surface area (Å²) in [5.41, 5.74) is 6.94. The van der Waals surface area contributed by atoms with E-state index < -0.39 is 0 Å². The van der Waals surface area contributed by atoms with Crippen molar-refractivity contribution in [2.24, 2.45) is 11.7 Å². The second-order valence-corrected chi connectivity index (χ2v) is 5.21. The van der Waals surface area contributed by atoms with Crippen molar-refractivity contribution in [2.75, 3.05) is 32.8 Å². The molecule has 1 aromatic rings. The minimum Gasteiger partial charge on any atom is -0.494 e. The van der Waals surface area contributed by atoms with Crippen LogP contribution < -0.4 is 10.5 Å². The molecular formula is C15H24N2O. The zero-order valence-corrected chi connectivity index (χ0v) is 11.3. The van der Waals surface area contributed by atoms with Gasteiger partial charge in [-0.15, -0.1) is 0 Å². The fraction of sp³-hybridized carbons (Fsp3) is 0.600. The summed E-state index contributed by atoms with van der Waals surface area (Å²) < 4.78 is 5.75. The molecule has 1 saturated heterocycles. The molecule has 0 spiro atoms. The fourth-order valence-electron chi connectivity index (χ4n) is 2.49. The number of benzene rings is 1. The number of likely N-dealkylation sites (tertiary alicyclic amines) is 1. The van der Waals surface area contributed by atoms with Gasteiger partial charge in [-0.2, -0.15) is 0 Å². The molecule has 2 rings (SSSR count). The Morgan fingerprint density at radius 3 is 3.06 bits per heavy atom. The van der Waals surface area contributed by atoms with Crippen molar-refractivity contribution >= 4 is 0 Å². The lowest BCUT2D eigenvalue weighted by atomic mass is 10.1. The molecule has 1 heterocycles. The van der Waals surface area contributed by atoms with E-state index in [1.54, 1.807) is 0 Å². The number of ether oxygens (including phenoxy) is 1. The first-order valence-corrected chi connectivity index (χ1v) is 6.90. The van der Waals surface area contributed by atoms with Gasteiger partial charge < -0.3 is 15.4 Å². The highest BCUT2D eigenvalue weighted by molar-refractivity contribution is 5.27. The van der Waals surface area contributed by atoms with Gasteiger partial charge in [0.2, 0.25) is 0 Å². The Morgan fingerprint density at radius 2 is 2.33 bits per heavy atom. The van der Waals surface area contributed by atoms with Gasteiger partial charge in [0.05, 0.1) is 6.61 Å². The molecule has 0 aliphatic carbocycles. The molecule has 100 valence electrons. The Hall–Kier alpha value is -1.06. The van der Waals surface area contributed by atoms with Crippen molar-refractivity contribution in [3.05, 3.63) is 29.8 Å². The van der Waals surface area contributed by atoms with E-state index in [1.165, 1.54) is 25.1 Å². The predicted molar refractivity (Wildman–Crippen MR) is 74.9 cm³/mol. The number of hydrogen-bond acceptors (Lipinski definition) is 3. The first-order chi connectivity index (χ1) is 8.78. The summed E-state index contributed by atoms with van der Waals surface area (Å²) in [7, 11) is 0. The summed E-state index contributed by atoms with van der Waals surface area (Å²) in [5.74, 6) is 1.69. The van der Waals surface area contributed by atoms with Crippen LogP contribution in [0.1, 0.15) is 18.4 Å². The molecule has 18 heavy (non-hydrogen) atoms. The van der Waals surface area contributed by atoms with Gasteiger partial charge in [0.1, 0.15) is 5.75 Å². The first-order valence-electron chi connectivity index (χ1n) is 6.90. The fourth-order valence-corrected chi connectivity index (χ4v) is 2.49. The molecule has 1 unspecified atom stereocenters. The smallest absolute Gasteiger partial charge is 0.119 e. The van der Waals surface area contributed by atoms with Gasteiger partial charge in [-0.3, -0.25) is 0 Å². The molecule has 1 atom stereocenters. The van der Waals surface area contributed by atoms with Crippen LogP contribution in [-0.4, -0.2) is 37.7 Å². The van der Waals surface area contributed by atoms with E-state index in [0.717, 1.165) is 31.9 Å². The summed E-state index contributed by atoms with van der Waals surface area (Å²) in [6, 6.07) is 8.23. The molecule has 0 bridgehead atoms. The van der Waals surface area contributed by atoms with Crippen LogP contribution in [0.25, 0.3) is 0 Å². The van der Waals surface area contributed by atoms with E-state index in [9.17, 15) is 0 Å². The highest BCUT2D eigenvalue weighted by Gasteiger charge is 2.20. The number of nitrogens with zero attached hydrogens (tertiary/aromatic N) is 1. The third kappa shape index (κ3) is 4.00. The molecular weight excluding hydrogens is 224 g/mol. The maximum atomic E-state index is 5.75. The van der Waals surface area contributed by atoms with E-state index in [2.05, 4.69) is 24.0 Å². The molecule has 1 aromatic carbocycles. The van der Waals surface area contributed by atoms with Crippen LogP contribution in [0.15, 0.2) is 24.3 Å². The first kappa shape index (κ1) is 13.4. The van der Waals surface area contributed by atoms with Crippen LogP contribution >= 0.6 is 0 Å². The van der Waals surface area contributed by atoms with Gasteiger partial charge in [0.25, 0.3) is 0 Å². The van der Waals surface area contributed by atoms with Gasteiger partial charge in [-0.1, -0.05) is 12.1 Å². The van der Waals surface area contributed by atoms with Crippen molar-refractivity contribution < 1.29 is 4.74 Å². The summed E-state index contributed by atoms with van der Waals surface area (Å²) in [6.07, 6.45) is 2.35. The maximum absolute atomic E-state index is 5.75. The average Bonchev–Trinajstić information content (AvgIpc) is 2.83. The largest absolute Gasteiger partial charge is 0.494 e. The van der Waals surface area contributed by atoms with Crippen molar-refractivity contribution in [1.29, 1.82) is 0 Å². The van der Waals surface area contributed by atoms with E-state index in [4.69, 9.17) is 10.5 Å². The lowest BCUT2D eigenvalue weighted by Gasteiger charge is -2.15. The number of rotatable bonds is 6. The van der Waals surface area contributed by atoms with Crippen LogP contribution in [0.2, 0.25) is 0 Å². The Morgan fingerprint density at radius 1 is 1.44 bits per heavy atom. The van der Waals surface area contributed by atoms with E-state index in [-0.39, 0.29) is 0 Å². The van der Waals surface area contributed by atoms with Crippen LogP contribution in [0.3, 0.4) is 0 Å². The molecule has 0 aromatic heterocycles. The van der Waals surface area contributed by atoms with Gasteiger partial charge in [-0.25, -0.2) is 0 Å². The van der Waals surface area contributed by atoms with E-state index in [1.807, 2.05) is 12.1 Å². The maximum Gasteiger partial charge on any atom is 0.119 e.